The number of carbonyl (C=O) groups excluding carboxylic acids is 1. The quantitative estimate of drug-likeness (QED) is 0.670. The molecule has 0 saturated heterocycles. The fraction of sp³-hybridized carbons (Fsp3) is 0.455. The summed E-state index contributed by atoms with van der Waals surface area (Å²) in [5.74, 6) is -0.0432. The van der Waals surface area contributed by atoms with Gasteiger partial charge in [0.15, 0.2) is 0 Å². The van der Waals surface area contributed by atoms with Crippen molar-refractivity contribution in [2.24, 2.45) is 0 Å². The van der Waals surface area contributed by atoms with Crippen molar-refractivity contribution in [3.8, 4) is 0 Å². The first kappa shape index (κ1) is 12.7. The standard InChI is InChI=1S/C11H15O3S/c1-11(2,3)15(13)9-7-5-6-8(9)10(12)14-4/h5-7H,1-4H3/t15-/m0/s1. The van der Waals surface area contributed by atoms with Crippen molar-refractivity contribution >= 4 is 16.8 Å². The summed E-state index contributed by atoms with van der Waals surface area (Å²) < 4.78 is 16.3. The molecule has 1 saturated carbocycles. The Labute approximate surface area is 94.0 Å². The number of ether oxygens (including phenoxy) is 1. The normalized spacial score (nSPS) is 21.6. The van der Waals surface area contributed by atoms with Crippen LogP contribution in [0.3, 0.4) is 0 Å². The highest BCUT2D eigenvalue weighted by Gasteiger charge is 2.43. The van der Waals surface area contributed by atoms with Gasteiger partial charge in [0.2, 0.25) is 0 Å². The largest absolute Gasteiger partial charge is 0.469 e. The molecule has 4 heteroatoms. The molecule has 0 aromatic carbocycles. The van der Waals surface area contributed by atoms with Crippen LogP contribution in [-0.2, 0) is 20.3 Å². The summed E-state index contributed by atoms with van der Waals surface area (Å²) in [5.41, 5.74) is 0. The average molecular weight is 227 g/mol. The Kier molecular flexibility index (Phi) is 3.93. The van der Waals surface area contributed by atoms with E-state index in [0.29, 0.717) is 11.2 Å². The maximum atomic E-state index is 12.1. The SMILES string of the molecule is COC(=O)[C]1[CH][CH][CH][C]1[S@](=O)C(C)(C)C. The van der Waals surface area contributed by atoms with Crippen LogP contribution in [0.2, 0.25) is 0 Å². The van der Waals surface area contributed by atoms with Crippen LogP contribution < -0.4 is 0 Å². The number of hydrogen-bond acceptors (Lipinski definition) is 3. The summed E-state index contributed by atoms with van der Waals surface area (Å²) in [5, 5.41) is 0.550. The van der Waals surface area contributed by atoms with E-state index >= 15 is 0 Å². The molecule has 0 N–H and O–H groups in total. The summed E-state index contributed by atoms with van der Waals surface area (Å²) in [4.78, 5) is 11.4. The molecule has 0 bridgehead atoms. The maximum absolute atomic E-state index is 12.1. The molecule has 0 aromatic heterocycles. The lowest BCUT2D eigenvalue weighted by Gasteiger charge is -2.24. The predicted molar refractivity (Wildman–Crippen MR) is 59.3 cm³/mol. The second-order valence-corrected chi connectivity index (χ2v) is 6.38. The molecular formula is C11H15O3S. The van der Waals surface area contributed by atoms with E-state index in [0.717, 1.165) is 0 Å². The van der Waals surface area contributed by atoms with Gasteiger partial charge in [0.05, 0.1) is 12.4 Å². The summed E-state index contributed by atoms with van der Waals surface area (Å²) in [6.07, 6.45) is 5.05. The number of hydrogen-bond donors (Lipinski definition) is 0. The van der Waals surface area contributed by atoms with Gasteiger partial charge in [-0.2, -0.15) is 0 Å². The zero-order valence-corrected chi connectivity index (χ0v) is 10.2. The van der Waals surface area contributed by atoms with E-state index in [1.807, 2.05) is 20.8 Å². The van der Waals surface area contributed by atoms with E-state index in [-0.39, 0.29) is 4.75 Å². The van der Waals surface area contributed by atoms with Gasteiger partial charge in [-0.15, -0.1) is 0 Å². The maximum Gasteiger partial charge on any atom is 0.314 e. The molecule has 0 aliphatic heterocycles. The zero-order valence-electron chi connectivity index (χ0n) is 9.37. The van der Waals surface area contributed by atoms with Crippen LogP contribution in [-0.4, -0.2) is 22.0 Å². The molecule has 0 unspecified atom stereocenters. The van der Waals surface area contributed by atoms with Gasteiger partial charge >= 0.3 is 5.97 Å². The first-order valence-electron chi connectivity index (χ1n) is 4.64. The van der Waals surface area contributed by atoms with E-state index in [1.165, 1.54) is 7.11 Å². The van der Waals surface area contributed by atoms with Gasteiger partial charge in [-0.3, -0.25) is 9.00 Å². The predicted octanol–water partition coefficient (Wildman–Crippen LogP) is 1.44. The van der Waals surface area contributed by atoms with Crippen LogP contribution in [0.1, 0.15) is 20.8 Å². The Hall–Kier alpha value is -0.380. The Balaban J connectivity index is 2.77. The van der Waals surface area contributed by atoms with Crippen LogP contribution >= 0.6 is 0 Å². The zero-order chi connectivity index (χ0) is 11.6. The Bertz CT molecular complexity index is 267. The number of methoxy groups -OCH3 is 1. The fourth-order valence-corrected chi connectivity index (χ4v) is 2.39. The highest BCUT2D eigenvalue weighted by atomic mass is 32.2. The second-order valence-electron chi connectivity index (χ2n) is 4.18. The van der Waals surface area contributed by atoms with Crippen molar-refractivity contribution < 1.29 is 13.7 Å². The third-order valence-corrected chi connectivity index (χ3v) is 3.81. The molecule has 1 aliphatic carbocycles. The third-order valence-electron chi connectivity index (χ3n) is 1.94. The van der Waals surface area contributed by atoms with Gasteiger partial charge in [0.25, 0.3) is 0 Å². The molecule has 1 rings (SSSR count). The highest BCUT2D eigenvalue weighted by Crippen LogP contribution is 2.40. The minimum Gasteiger partial charge on any atom is -0.469 e. The van der Waals surface area contributed by atoms with Crippen molar-refractivity contribution in [3.05, 3.63) is 30.4 Å². The third kappa shape index (κ3) is 2.80. The molecule has 0 amide bonds. The van der Waals surface area contributed by atoms with Crippen LogP contribution in [0.4, 0.5) is 0 Å². The van der Waals surface area contributed by atoms with E-state index in [1.54, 1.807) is 19.3 Å². The van der Waals surface area contributed by atoms with E-state index in [4.69, 9.17) is 0 Å². The van der Waals surface area contributed by atoms with Gasteiger partial charge in [-0.05, 0) is 40.0 Å². The lowest BCUT2D eigenvalue weighted by Crippen LogP contribution is -2.30. The average Bonchev–Trinajstić information content (AvgIpc) is 2.62. The molecule has 0 spiro atoms. The van der Waals surface area contributed by atoms with Gasteiger partial charge in [0, 0.05) is 15.5 Å². The van der Waals surface area contributed by atoms with Gasteiger partial charge in [-0.25, -0.2) is 0 Å². The molecule has 15 heavy (non-hydrogen) atoms. The second kappa shape index (κ2) is 4.64. The Morgan fingerprint density at radius 2 is 1.93 bits per heavy atom. The summed E-state index contributed by atoms with van der Waals surface area (Å²) in [6.45, 7) is 5.62. The van der Waals surface area contributed by atoms with Gasteiger partial charge < -0.3 is 4.74 Å². The minimum absolute atomic E-state index is 0.378. The highest BCUT2D eigenvalue weighted by molar-refractivity contribution is 7.89. The molecule has 1 aliphatic rings. The molecule has 1 fully saturated rings. The molecule has 3 nitrogen and oxygen atoms in total. The smallest absolute Gasteiger partial charge is 0.314 e. The van der Waals surface area contributed by atoms with Crippen molar-refractivity contribution in [1.82, 2.24) is 0 Å². The topological polar surface area (TPSA) is 43.4 Å². The first-order valence-corrected chi connectivity index (χ1v) is 5.79. The Morgan fingerprint density at radius 1 is 1.33 bits per heavy atom. The number of esters is 1. The molecule has 5 radical (unpaired) electrons. The molecule has 0 aromatic rings. The van der Waals surface area contributed by atoms with E-state index in [9.17, 15) is 9.00 Å². The fourth-order valence-electron chi connectivity index (χ4n) is 1.17. The lowest BCUT2D eigenvalue weighted by atomic mass is 10.1. The van der Waals surface area contributed by atoms with Crippen molar-refractivity contribution in [2.75, 3.05) is 7.11 Å². The van der Waals surface area contributed by atoms with Gasteiger partial charge in [0.1, 0.15) is 5.92 Å². The van der Waals surface area contributed by atoms with Crippen LogP contribution in [0.25, 0.3) is 0 Å². The summed E-state index contributed by atoms with van der Waals surface area (Å²) >= 11 is 0. The summed E-state index contributed by atoms with van der Waals surface area (Å²) in [7, 11) is 0.114. The minimum atomic E-state index is -1.20. The monoisotopic (exact) mass is 227 g/mol. The summed E-state index contributed by atoms with van der Waals surface area (Å²) in [6, 6.07) is 0. The van der Waals surface area contributed by atoms with Crippen LogP contribution in [0, 0.1) is 30.4 Å². The molecular weight excluding hydrogens is 212 g/mol. The molecule has 1 atom stereocenters. The Morgan fingerprint density at radius 3 is 2.40 bits per heavy atom. The van der Waals surface area contributed by atoms with Crippen LogP contribution in [0.15, 0.2) is 0 Å². The van der Waals surface area contributed by atoms with Crippen molar-refractivity contribution in [1.29, 1.82) is 0 Å². The van der Waals surface area contributed by atoms with Crippen molar-refractivity contribution in [2.45, 2.75) is 25.5 Å². The number of carbonyl (C=O) groups is 1. The molecule has 83 valence electrons. The van der Waals surface area contributed by atoms with Crippen molar-refractivity contribution in [3.63, 3.8) is 0 Å². The number of rotatable bonds is 2. The van der Waals surface area contributed by atoms with Gasteiger partial charge in [-0.1, -0.05) is 0 Å². The lowest BCUT2D eigenvalue weighted by molar-refractivity contribution is -0.137. The molecule has 0 heterocycles. The first-order chi connectivity index (χ1) is 6.88. The van der Waals surface area contributed by atoms with E-state index < -0.39 is 16.8 Å². The van der Waals surface area contributed by atoms with E-state index in [2.05, 4.69) is 4.74 Å². The van der Waals surface area contributed by atoms with Crippen LogP contribution in [0.5, 0.6) is 0 Å².